The molecule has 1 N–H and O–H groups in total. The lowest BCUT2D eigenvalue weighted by atomic mass is 10.1. The number of aliphatic imine (C=N–C) groups is 1. The Balaban J connectivity index is 2.21. The van der Waals surface area contributed by atoms with E-state index in [0.717, 1.165) is 5.56 Å². The fourth-order valence-corrected chi connectivity index (χ4v) is 1.55. The van der Waals surface area contributed by atoms with Crippen molar-refractivity contribution in [1.82, 2.24) is 5.32 Å². The second-order valence-electron chi connectivity index (χ2n) is 4.52. The molecule has 18 heavy (non-hydrogen) atoms. The second kappa shape index (κ2) is 4.53. The van der Waals surface area contributed by atoms with Gasteiger partial charge >= 0.3 is 0 Å². The van der Waals surface area contributed by atoms with Crippen LogP contribution in [0.2, 0.25) is 0 Å². The highest BCUT2D eigenvalue weighted by Crippen LogP contribution is 2.22. The Morgan fingerprint density at radius 2 is 2.06 bits per heavy atom. The van der Waals surface area contributed by atoms with E-state index in [-0.39, 0.29) is 11.9 Å². The van der Waals surface area contributed by atoms with E-state index in [1.165, 1.54) is 0 Å². The van der Waals surface area contributed by atoms with Crippen molar-refractivity contribution in [2.45, 2.75) is 25.5 Å². The quantitative estimate of drug-likeness (QED) is 0.801. The van der Waals surface area contributed by atoms with E-state index in [1.54, 1.807) is 13.8 Å². The zero-order valence-electron chi connectivity index (χ0n) is 10.3. The summed E-state index contributed by atoms with van der Waals surface area (Å²) in [6, 6.07) is 9.43. The van der Waals surface area contributed by atoms with E-state index in [9.17, 15) is 4.79 Å². The van der Waals surface area contributed by atoms with Crippen LogP contribution in [0.4, 0.5) is 0 Å². The summed E-state index contributed by atoms with van der Waals surface area (Å²) in [4.78, 5) is 16.0. The molecule has 92 valence electrons. The number of nitrogens with zero attached hydrogens (tertiary/aromatic N) is 1. The van der Waals surface area contributed by atoms with Crippen molar-refractivity contribution < 1.29 is 9.53 Å². The van der Waals surface area contributed by atoms with Crippen molar-refractivity contribution in [3.05, 3.63) is 35.9 Å². The largest absolute Gasteiger partial charge is 0.447 e. The van der Waals surface area contributed by atoms with Crippen LogP contribution in [-0.2, 0) is 9.53 Å². The summed E-state index contributed by atoms with van der Waals surface area (Å²) in [5.41, 5.74) is 0.0903. The minimum absolute atomic E-state index is 0.178. The first-order chi connectivity index (χ1) is 8.52. The average molecular weight is 242 g/mol. The number of nitrogens with one attached hydrogen (secondary N) is 1. The monoisotopic (exact) mass is 242 g/mol. The molecule has 0 saturated carbocycles. The number of hydrogen-bond donors (Lipinski definition) is 1. The lowest BCUT2D eigenvalue weighted by Gasteiger charge is -2.12. The summed E-state index contributed by atoms with van der Waals surface area (Å²) < 4.78 is 5.49. The van der Waals surface area contributed by atoms with Gasteiger partial charge in [-0.2, -0.15) is 0 Å². The minimum atomic E-state index is -0.700. The molecule has 4 heteroatoms. The van der Waals surface area contributed by atoms with Crippen LogP contribution in [0.1, 0.15) is 25.5 Å². The number of carbonyl (C=O) groups excluding carboxylic acids is 1. The summed E-state index contributed by atoms with van der Waals surface area (Å²) in [6.07, 6.45) is 4.69. The molecule has 1 unspecified atom stereocenters. The Morgan fingerprint density at radius 1 is 1.39 bits per heavy atom. The molecular weight excluding hydrogens is 228 g/mol. The lowest BCUT2D eigenvalue weighted by Crippen LogP contribution is -2.26. The Bertz CT molecular complexity index is 526. The summed E-state index contributed by atoms with van der Waals surface area (Å²) in [6.45, 7) is 3.54. The highest BCUT2D eigenvalue weighted by molar-refractivity contribution is 6.02. The Hall–Kier alpha value is -2.28. The van der Waals surface area contributed by atoms with Crippen molar-refractivity contribution in [3.63, 3.8) is 0 Å². The first-order valence-corrected chi connectivity index (χ1v) is 5.62. The van der Waals surface area contributed by atoms with Crippen molar-refractivity contribution in [2.24, 2.45) is 4.99 Å². The van der Waals surface area contributed by atoms with Gasteiger partial charge in [0.2, 0.25) is 6.10 Å². The molecule has 0 aromatic heterocycles. The summed E-state index contributed by atoms with van der Waals surface area (Å²) in [7, 11) is 0. The first kappa shape index (κ1) is 12.2. The first-order valence-electron chi connectivity index (χ1n) is 5.62. The topological polar surface area (TPSA) is 50.7 Å². The molecule has 1 amide bonds. The summed E-state index contributed by atoms with van der Waals surface area (Å²) >= 11 is 0. The zero-order chi connectivity index (χ0) is 13.2. The number of carbonyl (C=O) groups is 1. The molecule has 1 aromatic rings. The third-order valence-corrected chi connectivity index (χ3v) is 2.53. The van der Waals surface area contributed by atoms with Crippen LogP contribution >= 0.6 is 0 Å². The van der Waals surface area contributed by atoms with Gasteiger partial charge in [0.05, 0.1) is 0 Å². The number of ether oxygens (including phenoxy) is 1. The van der Waals surface area contributed by atoms with Crippen molar-refractivity contribution in [2.75, 3.05) is 0 Å². The molecule has 1 aliphatic rings. The Kier molecular flexibility index (Phi) is 3.07. The van der Waals surface area contributed by atoms with Crippen LogP contribution in [0.3, 0.4) is 0 Å². The van der Waals surface area contributed by atoms with E-state index >= 15 is 0 Å². The number of terminal acetylenes is 1. The molecule has 0 radical (unpaired) electrons. The maximum absolute atomic E-state index is 11.8. The molecule has 0 spiro atoms. The highest BCUT2D eigenvalue weighted by atomic mass is 16.5. The molecule has 0 bridgehead atoms. The summed E-state index contributed by atoms with van der Waals surface area (Å²) in [5.74, 6) is 2.29. The zero-order valence-corrected chi connectivity index (χ0v) is 10.3. The van der Waals surface area contributed by atoms with Crippen molar-refractivity contribution >= 4 is 11.9 Å². The van der Waals surface area contributed by atoms with E-state index in [1.807, 2.05) is 30.3 Å². The van der Waals surface area contributed by atoms with E-state index in [4.69, 9.17) is 11.2 Å². The van der Waals surface area contributed by atoms with Crippen LogP contribution in [0.15, 0.2) is 35.3 Å². The fourth-order valence-electron chi connectivity index (χ4n) is 1.55. The average Bonchev–Trinajstić information content (AvgIpc) is 2.70. The van der Waals surface area contributed by atoms with E-state index in [0.29, 0.717) is 0 Å². The van der Waals surface area contributed by atoms with Crippen molar-refractivity contribution in [1.29, 1.82) is 0 Å². The molecule has 4 nitrogen and oxygen atoms in total. The molecular formula is C14H14N2O2. The normalized spacial score (nSPS) is 21.3. The van der Waals surface area contributed by atoms with Gasteiger partial charge in [0.25, 0.3) is 11.9 Å². The number of amidine groups is 1. The SMILES string of the molecule is C#CC(C)(C)N=C1NC(=O)C(c2ccccc2)O1. The van der Waals surface area contributed by atoms with Gasteiger partial charge in [0, 0.05) is 5.56 Å². The Labute approximate surface area is 106 Å². The van der Waals surface area contributed by atoms with Gasteiger partial charge in [-0.15, -0.1) is 6.42 Å². The molecule has 1 heterocycles. The second-order valence-corrected chi connectivity index (χ2v) is 4.52. The smallest absolute Gasteiger partial charge is 0.294 e. The van der Waals surface area contributed by atoms with Crippen LogP contribution in [-0.4, -0.2) is 17.5 Å². The van der Waals surface area contributed by atoms with Gasteiger partial charge in [-0.1, -0.05) is 36.3 Å². The third kappa shape index (κ3) is 2.51. The van der Waals surface area contributed by atoms with Gasteiger partial charge in [0.1, 0.15) is 5.54 Å². The molecule has 1 saturated heterocycles. The van der Waals surface area contributed by atoms with Gasteiger partial charge < -0.3 is 4.74 Å². The summed E-state index contributed by atoms with van der Waals surface area (Å²) in [5, 5.41) is 2.59. The van der Waals surface area contributed by atoms with Crippen LogP contribution in [0, 0.1) is 12.3 Å². The van der Waals surface area contributed by atoms with Crippen LogP contribution in [0.25, 0.3) is 0 Å². The van der Waals surface area contributed by atoms with Gasteiger partial charge in [0.15, 0.2) is 0 Å². The minimum Gasteiger partial charge on any atom is -0.447 e. The van der Waals surface area contributed by atoms with Crippen LogP contribution in [0.5, 0.6) is 0 Å². The van der Waals surface area contributed by atoms with Crippen LogP contribution < -0.4 is 5.32 Å². The van der Waals surface area contributed by atoms with Gasteiger partial charge in [-0.3, -0.25) is 10.1 Å². The highest BCUT2D eigenvalue weighted by Gasteiger charge is 2.33. The molecule has 1 atom stereocenters. The predicted molar refractivity (Wildman–Crippen MR) is 68.8 cm³/mol. The number of amides is 1. The van der Waals surface area contributed by atoms with Crippen molar-refractivity contribution in [3.8, 4) is 12.3 Å². The van der Waals surface area contributed by atoms with E-state index < -0.39 is 11.6 Å². The number of benzene rings is 1. The standard InChI is InChI=1S/C14H14N2O2/c1-4-14(2,3)16-13-15-12(17)11(18-13)10-8-6-5-7-9-10/h1,5-9,11H,2-3H3,(H,15,16,17). The molecule has 1 aromatic carbocycles. The Morgan fingerprint density at radius 3 is 2.67 bits per heavy atom. The lowest BCUT2D eigenvalue weighted by molar-refractivity contribution is -0.123. The number of hydrogen-bond acceptors (Lipinski definition) is 3. The van der Waals surface area contributed by atoms with Gasteiger partial charge in [-0.25, -0.2) is 4.99 Å². The third-order valence-electron chi connectivity index (χ3n) is 2.53. The molecule has 1 fully saturated rings. The molecule has 0 aliphatic carbocycles. The maximum atomic E-state index is 11.8. The number of rotatable bonds is 2. The molecule has 1 aliphatic heterocycles. The van der Waals surface area contributed by atoms with Gasteiger partial charge in [-0.05, 0) is 13.8 Å². The molecule has 2 rings (SSSR count). The van der Waals surface area contributed by atoms with E-state index in [2.05, 4.69) is 16.2 Å². The maximum Gasteiger partial charge on any atom is 0.294 e. The predicted octanol–water partition coefficient (Wildman–Crippen LogP) is 1.64. The fraction of sp³-hybridized carbons (Fsp3) is 0.286.